The molecule has 3 heteroatoms. The van der Waals surface area contributed by atoms with E-state index in [2.05, 4.69) is 42.5 Å². The minimum Gasteiger partial charge on any atom is -0.314 e. The molecule has 15 heavy (non-hydrogen) atoms. The molecular weight excluding hydrogens is 301 g/mol. The van der Waals surface area contributed by atoms with Gasteiger partial charge >= 0.3 is 0 Å². The molecule has 0 bridgehead atoms. The molecule has 0 saturated heterocycles. The Morgan fingerprint density at radius 3 is 2.67 bits per heavy atom. The monoisotopic (exact) mass is 315 g/mol. The van der Waals surface area contributed by atoms with Crippen molar-refractivity contribution in [3.05, 3.63) is 27.3 Å². The maximum absolute atomic E-state index is 12.1. The van der Waals surface area contributed by atoms with Crippen molar-refractivity contribution in [3.8, 4) is 0 Å². The van der Waals surface area contributed by atoms with Crippen LogP contribution in [0.5, 0.6) is 0 Å². The first-order valence-electron chi connectivity index (χ1n) is 5.10. The van der Waals surface area contributed by atoms with E-state index in [0.717, 1.165) is 9.26 Å². The Kier molecular flexibility index (Phi) is 2.75. The van der Waals surface area contributed by atoms with Gasteiger partial charge in [0.15, 0.2) is 0 Å². The first-order valence-corrected chi connectivity index (χ1v) is 6.18. The van der Waals surface area contributed by atoms with Crippen LogP contribution < -0.4 is 4.90 Å². The summed E-state index contributed by atoms with van der Waals surface area (Å²) in [4.78, 5) is 13.9. The Morgan fingerprint density at radius 1 is 1.40 bits per heavy atom. The van der Waals surface area contributed by atoms with Crippen molar-refractivity contribution in [2.24, 2.45) is 5.92 Å². The number of fused-ring (bicyclic) bond motifs is 1. The molecule has 0 saturated carbocycles. The van der Waals surface area contributed by atoms with Gasteiger partial charge in [-0.25, -0.2) is 0 Å². The number of rotatable bonds is 1. The second kappa shape index (κ2) is 3.77. The minimum atomic E-state index is 0.0414. The molecule has 2 nitrogen and oxygen atoms in total. The van der Waals surface area contributed by atoms with Gasteiger partial charge in [0.05, 0.1) is 11.6 Å². The number of hydrogen-bond donors (Lipinski definition) is 0. The standard InChI is InChI=1S/C12H14INO/c1-7(2)10-8-5-4-6-9(13)11(8)14(3)12(10)15/h4-7,10H,1-3H3. The van der Waals surface area contributed by atoms with Crippen LogP contribution in [0.25, 0.3) is 0 Å². The third-order valence-corrected chi connectivity index (χ3v) is 3.82. The van der Waals surface area contributed by atoms with Crippen LogP contribution in [0, 0.1) is 9.49 Å². The molecule has 0 spiro atoms. The molecule has 80 valence electrons. The van der Waals surface area contributed by atoms with E-state index in [-0.39, 0.29) is 11.8 Å². The largest absolute Gasteiger partial charge is 0.314 e. The van der Waals surface area contributed by atoms with Crippen molar-refractivity contribution < 1.29 is 4.79 Å². The average molecular weight is 315 g/mol. The Morgan fingerprint density at radius 2 is 2.07 bits per heavy atom. The summed E-state index contributed by atoms with van der Waals surface area (Å²) in [7, 11) is 1.87. The van der Waals surface area contributed by atoms with Gasteiger partial charge in [-0.15, -0.1) is 0 Å². The molecule has 0 aliphatic carbocycles. The number of carbonyl (C=O) groups excluding carboxylic acids is 1. The zero-order chi connectivity index (χ0) is 11.2. The van der Waals surface area contributed by atoms with E-state index in [1.54, 1.807) is 4.90 Å². The highest BCUT2D eigenvalue weighted by molar-refractivity contribution is 14.1. The molecule has 0 radical (unpaired) electrons. The third kappa shape index (κ3) is 1.57. The third-order valence-electron chi connectivity index (χ3n) is 2.95. The smallest absolute Gasteiger partial charge is 0.234 e. The highest BCUT2D eigenvalue weighted by atomic mass is 127. The Hall–Kier alpha value is -0.580. The fourth-order valence-electron chi connectivity index (χ4n) is 2.23. The second-order valence-corrected chi connectivity index (χ2v) is 5.46. The number of para-hydroxylation sites is 1. The summed E-state index contributed by atoms with van der Waals surface area (Å²) in [6.45, 7) is 4.21. The number of benzene rings is 1. The Labute approximate surface area is 104 Å². The summed E-state index contributed by atoms with van der Waals surface area (Å²) in [5.41, 5.74) is 2.28. The minimum absolute atomic E-state index is 0.0414. The molecule has 1 atom stereocenters. The maximum atomic E-state index is 12.1. The Bertz CT molecular complexity index is 414. The van der Waals surface area contributed by atoms with Gasteiger partial charge in [0.1, 0.15) is 0 Å². The van der Waals surface area contributed by atoms with Gasteiger partial charge in [-0.2, -0.15) is 0 Å². The van der Waals surface area contributed by atoms with Crippen LogP contribution in [0.1, 0.15) is 25.3 Å². The molecule has 1 aromatic rings. The fraction of sp³-hybridized carbons (Fsp3) is 0.417. The molecule has 1 aromatic carbocycles. The van der Waals surface area contributed by atoms with Gasteiger partial charge in [-0.1, -0.05) is 26.0 Å². The molecular formula is C12H14INO. The summed E-state index contributed by atoms with van der Waals surface area (Å²) in [5, 5.41) is 0. The van der Waals surface area contributed by atoms with Crippen LogP contribution in [0.3, 0.4) is 0 Å². The normalized spacial score (nSPS) is 19.9. The zero-order valence-electron chi connectivity index (χ0n) is 9.12. The fourth-order valence-corrected chi connectivity index (χ4v) is 3.11. The molecule has 1 unspecified atom stereocenters. The van der Waals surface area contributed by atoms with Gasteiger partial charge in [-0.3, -0.25) is 4.79 Å². The quantitative estimate of drug-likeness (QED) is 0.730. The number of likely N-dealkylation sites (N-methyl/N-ethyl adjacent to an activating group) is 1. The average Bonchev–Trinajstić information content (AvgIpc) is 2.41. The molecule has 0 aromatic heterocycles. The summed E-state index contributed by atoms with van der Waals surface area (Å²) in [6.07, 6.45) is 0. The van der Waals surface area contributed by atoms with E-state index in [0.29, 0.717) is 5.92 Å². The highest BCUT2D eigenvalue weighted by Crippen LogP contribution is 2.42. The number of anilines is 1. The lowest BCUT2D eigenvalue weighted by Crippen LogP contribution is -2.26. The van der Waals surface area contributed by atoms with Crippen molar-refractivity contribution >= 4 is 34.2 Å². The van der Waals surface area contributed by atoms with E-state index >= 15 is 0 Å². The van der Waals surface area contributed by atoms with Crippen LogP contribution in [-0.4, -0.2) is 13.0 Å². The summed E-state index contributed by atoms with van der Waals surface area (Å²) in [5.74, 6) is 0.628. The number of halogens is 1. The molecule has 1 aliphatic heterocycles. The molecule has 1 amide bonds. The lowest BCUT2D eigenvalue weighted by atomic mass is 9.90. The molecule has 0 fully saturated rings. The van der Waals surface area contributed by atoms with E-state index < -0.39 is 0 Å². The molecule has 1 heterocycles. The van der Waals surface area contributed by atoms with Crippen LogP contribution in [-0.2, 0) is 4.79 Å². The lowest BCUT2D eigenvalue weighted by Gasteiger charge is -2.13. The van der Waals surface area contributed by atoms with E-state index in [9.17, 15) is 4.79 Å². The Balaban J connectivity index is 2.60. The van der Waals surface area contributed by atoms with Crippen LogP contribution >= 0.6 is 22.6 Å². The summed E-state index contributed by atoms with van der Waals surface area (Å²) in [6, 6.07) is 6.15. The van der Waals surface area contributed by atoms with Gasteiger partial charge in [0.25, 0.3) is 0 Å². The van der Waals surface area contributed by atoms with Gasteiger partial charge < -0.3 is 4.90 Å². The first-order chi connectivity index (χ1) is 7.04. The predicted molar refractivity (Wildman–Crippen MR) is 70.1 cm³/mol. The topological polar surface area (TPSA) is 20.3 Å². The zero-order valence-corrected chi connectivity index (χ0v) is 11.3. The SMILES string of the molecule is CC(C)C1C(=O)N(C)c2c(I)cccc21. The first kappa shape index (κ1) is 10.9. The lowest BCUT2D eigenvalue weighted by molar-refractivity contribution is -0.119. The molecule has 1 aliphatic rings. The van der Waals surface area contributed by atoms with Gasteiger partial charge in [0, 0.05) is 10.6 Å². The number of nitrogens with zero attached hydrogens (tertiary/aromatic N) is 1. The van der Waals surface area contributed by atoms with Crippen LogP contribution in [0.4, 0.5) is 5.69 Å². The number of hydrogen-bond acceptors (Lipinski definition) is 1. The van der Waals surface area contributed by atoms with E-state index in [1.807, 2.05) is 19.2 Å². The van der Waals surface area contributed by atoms with Gasteiger partial charge in [0.2, 0.25) is 5.91 Å². The van der Waals surface area contributed by atoms with E-state index in [4.69, 9.17) is 0 Å². The van der Waals surface area contributed by atoms with Gasteiger partial charge in [-0.05, 0) is 40.1 Å². The number of carbonyl (C=O) groups is 1. The van der Waals surface area contributed by atoms with Crippen molar-refractivity contribution in [1.82, 2.24) is 0 Å². The van der Waals surface area contributed by atoms with E-state index in [1.165, 1.54) is 5.56 Å². The maximum Gasteiger partial charge on any atom is 0.234 e. The van der Waals surface area contributed by atoms with Crippen molar-refractivity contribution in [1.29, 1.82) is 0 Å². The van der Waals surface area contributed by atoms with Crippen molar-refractivity contribution in [3.63, 3.8) is 0 Å². The molecule has 2 rings (SSSR count). The molecule has 0 N–H and O–H groups in total. The summed E-state index contributed by atoms with van der Waals surface area (Å²) >= 11 is 2.29. The van der Waals surface area contributed by atoms with Crippen LogP contribution in [0.2, 0.25) is 0 Å². The van der Waals surface area contributed by atoms with Crippen molar-refractivity contribution in [2.75, 3.05) is 11.9 Å². The summed E-state index contributed by atoms with van der Waals surface area (Å²) < 4.78 is 1.16. The number of amides is 1. The van der Waals surface area contributed by atoms with Crippen molar-refractivity contribution in [2.45, 2.75) is 19.8 Å². The second-order valence-electron chi connectivity index (χ2n) is 4.30. The predicted octanol–water partition coefficient (Wildman–Crippen LogP) is 3.01. The van der Waals surface area contributed by atoms with Crippen LogP contribution in [0.15, 0.2) is 18.2 Å². The highest BCUT2D eigenvalue weighted by Gasteiger charge is 2.37.